The third-order valence-corrected chi connectivity index (χ3v) is 4.11. The second kappa shape index (κ2) is 12.2. The maximum atomic E-state index is 12.0. The number of hydrogen-bond acceptors (Lipinski definition) is 5. The molecule has 0 aliphatic rings. The Kier molecular flexibility index (Phi) is 9.33. The Hall–Kier alpha value is -3.39. The largest absolute Gasteiger partial charge is 0.484 e. The van der Waals surface area contributed by atoms with Crippen LogP contribution in [0.4, 0.5) is 5.69 Å². The van der Waals surface area contributed by atoms with Crippen LogP contribution in [-0.4, -0.2) is 37.1 Å². The van der Waals surface area contributed by atoms with E-state index in [2.05, 4.69) is 21.2 Å². The van der Waals surface area contributed by atoms with Crippen molar-refractivity contribution < 1.29 is 19.1 Å². The highest BCUT2D eigenvalue weighted by atomic mass is 35.5. The quantitative estimate of drug-likeness (QED) is 0.246. The summed E-state index contributed by atoms with van der Waals surface area (Å²) in [5.41, 5.74) is 3.28. The number of nitrogens with zero attached hydrogens (tertiary/aromatic N) is 1. The molecule has 2 aromatic rings. The highest BCUT2D eigenvalue weighted by Gasteiger charge is 2.11. The first-order valence-electron chi connectivity index (χ1n) is 9.38. The van der Waals surface area contributed by atoms with Gasteiger partial charge in [-0.15, -0.1) is 0 Å². The highest BCUT2D eigenvalue weighted by Crippen LogP contribution is 2.20. The first-order chi connectivity index (χ1) is 14.5. The highest BCUT2D eigenvalue weighted by molar-refractivity contribution is 6.35. The molecule has 0 spiro atoms. The smallest absolute Gasteiger partial charge is 0.329 e. The molecule has 30 heavy (non-hydrogen) atoms. The van der Waals surface area contributed by atoms with Crippen LogP contribution in [0.3, 0.4) is 0 Å². The van der Waals surface area contributed by atoms with Gasteiger partial charge in [-0.25, -0.2) is 5.43 Å². The van der Waals surface area contributed by atoms with Gasteiger partial charge >= 0.3 is 11.8 Å². The first kappa shape index (κ1) is 22.9. The summed E-state index contributed by atoms with van der Waals surface area (Å²) in [5, 5.41) is 9.35. The first-order valence-corrected chi connectivity index (χ1v) is 9.76. The van der Waals surface area contributed by atoms with Crippen molar-refractivity contribution in [1.82, 2.24) is 10.7 Å². The van der Waals surface area contributed by atoms with Crippen molar-refractivity contribution in [3.63, 3.8) is 0 Å². The standard InChI is InChI=1S/C21H23ClN4O4/c1-2-3-11-23-20(28)21(29)26-24-13-15-7-6-8-16(12-15)30-14-19(27)25-18-10-5-4-9-17(18)22/h4-10,12-13H,2-3,11,14H2,1H3,(H,23,28)(H,25,27)(H,26,29)/b24-13-. The Labute approximate surface area is 179 Å². The molecule has 0 aliphatic heterocycles. The third kappa shape index (κ3) is 7.92. The molecular formula is C21H23ClN4O4. The minimum atomic E-state index is -0.842. The number of hydrogen-bond donors (Lipinski definition) is 3. The van der Waals surface area contributed by atoms with Crippen molar-refractivity contribution in [1.29, 1.82) is 0 Å². The van der Waals surface area contributed by atoms with Gasteiger partial charge in [-0.05, 0) is 36.2 Å². The fourth-order valence-corrected chi connectivity index (χ4v) is 2.44. The number of carbonyl (C=O) groups excluding carboxylic acids is 3. The van der Waals surface area contributed by atoms with E-state index in [9.17, 15) is 14.4 Å². The molecule has 0 radical (unpaired) electrons. The SMILES string of the molecule is CCCCNC(=O)C(=O)N/N=C\c1cccc(OCC(=O)Nc2ccccc2Cl)c1. The van der Waals surface area contributed by atoms with Gasteiger partial charge < -0.3 is 15.4 Å². The Morgan fingerprint density at radius 3 is 2.67 bits per heavy atom. The Balaban J connectivity index is 1.82. The number of hydrazone groups is 1. The molecule has 2 aromatic carbocycles. The van der Waals surface area contributed by atoms with Crippen LogP contribution in [0.1, 0.15) is 25.3 Å². The van der Waals surface area contributed by atoms with E-state index in [0.717, 1.165) is 12.8 Å². The van der Waals surface area contributed by atoms with Crippen molar-refractivity contribution in [2.75, 3.05) is 18.5 Å². The van der Waals surface area contributed by atoms with Gasteiger partial charge in [0.1, 0.15) is 5.75 Å². The average molecular weight is 431 g/mol. The molecule has 158 valence electrons. The second-order valence-electron chi connectivity index (χ2n) is 6.20. The van der Waals surface area contributed by atoms with Crippen LogP contribution >= 0.6 is 11.6 Å². The number of para-hydroxylation sites is 1. The van der Waals surface area contributed by atoms with E-state index in [1.165, 1.54) is 6.21 Å². The van der Waals surface area contributed by atoms with Gasteiger partial charge in [0, 0.05) is 6.54 Å². The van der Waals surface area contributed by atoms with E-state index in [0.29, 0.717) is 28.6 Å². The van der Waals surface area contributed by atoms with E-state index in [1.807, 2.05) is 6.92 Å². The molecule has 0 aromatic heterocycles. The molecule has 0 unspecified atom stereocenters. The van der Waals surface area contributed by atoms with Crippen molar-refractivity contribution in [2.24, 2.45) is 5.10 Å². The van der Waals surface area contributed by atoms with Crippen LogP contribution < -0.4 is 20.8 Å². The molecule has 0 heterocycles. The van der Waals surface area contributed by atoms with E-state index >= 15 is 0 Å². The van der Waals surface area contributed by atoms with Gasteiger partial charge in [-0.3, -0.25) is 14.4 Å². The molecule has 3 amide bonds. The number of ether oxygens (including phenoxy) is 1. The summed E-state index contributed by atoms with van der Waals surface area (Å²) in [4.78, 5) is 35.2. The fourth-order valence-electron chi connectivity index (χ4n) is 2.26. The number of benzene rings is 2. The maximum absolute atomic E-state index is 12.0. The molecule has 3 N–H and O–H groups in total. The normalized spacial score (nSPS) is 10.5. The Morgan fingerprint density at radius 2 is 1.90 bits per heavy atom. The van der Waals surface area contributed by atoms with Gasteiger partial charge in [0.25, 0.3) is 5.91 Å². The minimum Gasteiger partial charge on any atom is -0.484 e. The number of halogens is 1. The fraction of sp³-hybridized carbons (Fsp3) is 0.238. The zero-order valence-electron chi connectivity index (χ0n) is 16.5. The average Bonchev–Trinajstić information content (AvgIpc) is 2.74. The summed E-state index contributed by atoms with van der Waals surface area (Å²) in [7, 11) is 0. The molecule has 0 bridgehead atoms. The molecule has 0 aliphatic carbocycles. The van der Waals surface area contributed by atoms with Gasteiger partial charge in [0.05, 0.1) is 16.9 Å². The summed E-state index contributed by atoms with van der Waals surface area (Å²) in [6.07, 6.45) is 3.08. The van der Waals surface area contributed by atoms with Gasteiger partial charge in [0.15, 0.2) is 6.61 Å². The molecule has 9 heteroatoms. The summed E-state index contributed by atoms with van der Waals surface area (Å²) < 4.78 is 5.47. The number of rotatable bonds is 9. The Morgan fingerprint density at radius 1 is 1.10 bits per heavy atom. The topological polar surface area (TPSA) is 109 Å². The molecule has 0 fully saturated rings. The lowest BCUT2D eigenvalue weighted by Crippen LogP contribution is -2.38. The van der Waals surface area contributed by atoms with Gasteiger partial charge in [-0.2, -0.15) is 5.10 Å². The van der Waals surface area contributed by atoms with E-state index in [4.69, 9.17) is 16.3 Å². The van der Waals surface area contributed by atoms with E-state index in [1.54, 1.807) is 48.5 Å². The molecule has 2 rings (SSSR count). The van der Waals surface area contributed by atoms with Crippen molar-refractivity contribution >= 4 is 41.2 Å². The lowest BCUT2D eigenvalue weighted by atomic mass is 10.2. The monoisotopic (exact) mass is 430 g/mol. The molecule has 0 atom stereocenters. The van der Waals surface area contributed by atoms with Gasteiger partial charge in [-0.1, -0.05) is 49.2 Å². The number of anilines is 1. The van der Waals surface area contributed by atoms with Crippen LogP contribution in [0, 0.1) is 0 Å². The Bertz CT molecular complexity index is 917. The number of carbonyl (C=O) groups is 3. The summed E-state index contributed by atoms with van der Waals surface area (Å²) >= 11 is 6.00. The predicted octanol–water partition coefficient (Wildman–Crippen LogP) is 2.72. The number of amides is 3. The summed E-state index contributed by atoms with van der Waals surface area (Å²) in [6, 6.07) is 13.7. The van der Waals surface area contributed by atoms with Crippen LogP contribution in [0.2, 0.25) is 5.02 Å². The lowest BCUT2D eigenvalue weighted by molar-refractivity contribution is -0.139. The summed E-state index contributed by atoms with van der Waals surface area (Å²) in [6.45, 7) is 2.22. The predicted molar refractivity (Wildman–Crippen MR) is 116 cm³/mol. The minimum absolute atomic E-state index is 0.208. The van der Waals surface area contributed by atoms with Crippen LogP contribution in [0.25, 0.3) is 0 Å². The molecule has 0 saturated carbocycles. The number of nitrogens with one attached hydrogen (secondary N) is 3. The van der Waals surface area contributed by atoms with E-state index in [-0.39, 0.29) is 12.5 Å². The maximum Gasteiger partial charge on any atom is 0.329 e. The van der Waals surface area contributed by atoms with E-state index < -0.39 is 11.8 Å². The molecular weight excluding hydrogens is 408 g/mol. The van der Waals surface area contributed by atoms with Crippen LogP contribution in [0.15, 0.2) is 53.6 Å². The number of unbranched alkanes of at least 4 members (excludes halogenated alkanes) is 1. The van der Waals surface area contributed by atoms with Crippen molar-refractivity contribution in [3.8, 4) is 5.75 Å². The lowest BCUT2D eigenvalue weighted by Gasteiger charge is -2.09. The van der Waals surface area contributed by atoms with Gasteiger partial charge in [0.2, 0.25) is 0 Å². The molecule has 0 saturated heterocycles. The van der Waals surface area contributed by atoms with Crippen LogP contribution in [-0.2, 0) is 14.4 Å². The molecule has 8 nitrogen and oxygen atoms in total. The third-order valence-electron chi connectivity index (χ3n) is 3.78. The zero-order valence-corrected chi connectivity index (χ0v) is 17.2. The van der Waals surface area contributed by atoms with Crippen molar-refractivity contribution in [3.05, 3.63) is 59.1 Å². The second-order valence-corrected chi connectivity index (χ2v) is 6.60. The van der Waals surface area contributed by atoms with Crippen molar-refractivity contribution in [2.45, 2.75) is 19.8 Å². The zero-order chi connectivity index (χ0) is 21.8. The summed E-state index contributed by atoms with van der Waals surface area (Å²) in [5.74, 6) is -1.49. The van der Waals surface area contributed by atoms with Crippen LogP contribution in [0.5, 0.6) is 5.75 Å².